The van der Waals surface area contributed by atoms with Gasteiger partial charge < -0.3 is 10.1 Å². The van der Waals surface area contributed by atoms with Crippen molar-refractivity contribution in [1.29, 1.82) is 0 Å². The standard InChI is InChI=1S/C14H23N3O2/c1-10-9-12(17(16-10)14(2,3)4)15-13(18)11-5-7-19-8-6-11/h9,11H,5-8H2,1-4H3,(H,15,18). The molecule has 0 bridgehead atoms. The second-order valence-corrected chi connectivity index (χ2v) is 6.13. The first-order valence-electron chi connectivity index (χ1n) is 6.83. The molecule has 0 radical (unpaired) electrons. The SMILES string of the molecule is Cc1cc(NC(=O)C2CCOCC2)n(C(C)(C)C)n1. The van der Waals surface area contributed by atoms with Crippen LogP contribution in [0, 0.1) is 12.8 Å². The number of hydrogen-bond donors (Lipinski definition) is 1. The molecule has 1 aromatic heterocycles. The summed E-state index contributed by atoms with van der Waals surface area (Å²) < 4.78 is 7.16. The van der Waals surface area contributed by atoms with Gasteiger partial charge in [-0.2, -0.15) is 5.10 Å². The molecular weight excluding hydrogens is 242 g/mol. The van der Waals surface area contributed by atoms with E-state index in [-0.39, 0.29) is 17.4 Å². The van der Waals surface area contributed by atoms with Crippen molar-refractivity contribution in [2.24, 2.45) is 5.92 Å². The molecule has 0 saturated carbocycles. The zero-order valence-corrected chi connectivity index (χ0v) is 12.2. The van der Waals surface area contributed by atoms with E-state index in [0.717, 1.165) is 24.4 Å². The molecule has 1 aliphatic rings. The number of aryl methyl sites for hydroxylation is 1. The highest BCUT2D eigenvalue weighted by molar-refractivity contribution is 5.91. The number of rotatable bonds is 2. The van der Waals surface area contributed by atoms with Gasteiger partial charge in [-0.25, -0.2) is 4.68 Å². The third kappa shape index (κ3) is 3.35. The molecule has 5 nitrogen and oxygen atoms in total. The monoisotopic (exact) mass is 265 g/mol. The van der Waals surface area contributed by atoms with Crippen LogP contribution in [0.3, 0.4) is 0 Å². The number of amides is 1. The van der Waals surface area contributed by atoms with Crippen LogP contribution in [0.1, 0.15) is 39.3 Å². The second kappa shape index (κ2) is 5.33. The summed E-state index contributed by atoms with van der Waals surface area (Å²) in [4.78, 5) is 12.2. The summed E-state index contributed by atoms with van der Waals surface area (Å²) >= 11 is 0. The number of aromatic nitrogens is 2. The minimum atomic E-state index is -0.146. The Kier molecular flexibility index (Phi) is 3.94. The highest BCUT2D eigenvalue weighted by Gasteiger charge is 2.25. The Hall–Kier alpha value is -1.36. The number of ether oxygens (including phenoxy) is 1. The maximum Gasteiger partial charge on any atom is 0.228 e. The maximum absolute atomic E-state index is 12.2. The zero-order chi connectivity index (χ0) is 14.0. The number of carbonyl (C=O) groups excluding carboxylic acids is 1. The van der Waals surface area contributed by atoms with Crippen LogP contribution in [0.4, 0.5) is 5.82 Å². The summed E-state index contributed by atoms with van der Waals surface area (Å²) in [6.07, 6.45) is 1.60. The van der Waals surface area contributed by atoms with Crippen molar-refractivity contribution >= 4 is 11.7 Å². The first-order chi connectivity index (χ1) is 8.88. The molecule has 0 spiro atoms. The van der Waals surface area contributed by atoms with Gasteiger partial charge in [0.15, 0.2) is 0 Å². The first-order valence-corrected chi connectivity index (χ1v) is 6.83. The first kappa shape index (κ1) is 14.1. The largest absolute Gasteiger partial charge is 0.381 e. The van der Waals surface area contributed by atoms with Crippen molar-refractivity contribution in [3.05, 3.63) is 11.8 Å². The number of carbonyl (C=O) groups is 1. The maximum atomic E-state index is 12.2. The quantitative estimate of drug-likeness (QED) is 0.892. The molecule has 0 aromatic carbocycles. The summed E-state index contributed by atoms with van der Waals surface area (Å²) in [5.74, 6) is 0.910. The summed E-state index contributed by atoms with van der Waals surface area (Å²) in [7, 11) is 0. The molecular formula is C14H23N3O2. The van der Waals surface area contributed by atoms with Crippen LogP contribution in [0.5, 0.6) is 0 Å². The summed E-state index contributed by atoms with van der Waals surface area (Å²) in [6, 6.07) is 1.92. The summed E-state index contributed by atoms with van der Waals surface area (Å²) in [5, 5.41) is 7.47. The van der Waals surface area contributed by atoms with Gasteiger partial charge in [0.2, 0.25) is 5.91 Å². The van der Waals surface area contributed by atoms with E-state index >= 15 is 0 Å². The van der Waals surface area contributed by atoms with Crippen LogP contribution in [-0.4, -0.2) is 28.9 Å². The van der Waals surface area contributed by atoms with E-state index < -0.39 is 0 Å². The Morgan fingerprint density at radius 2 is 2.05 bits per heavy atom. The minimum absolute atomic E-state index is 0.0531. The minimum Gasteiger partial charge on any atom is -0.381 e. The normalized spacial score (nSPS) is 17.5. The van der Waals surface area contributed by atoms with Crippen molar-refractivity contribution in [3.8, 4) is 0 Å². The van der Waals surface area contributed by atoms with Gasteiger partial charge in [0, 0.05) is 25.2 Å². The van der Waals surface area contributed by atoms with E-state index in [4.69, 9.17) is 4.74 Å². The van der Waals surface area contributed by atoms with E-state index in [1.165, 1.54) is 0 Å². The van der Waals surface area contributed by atoms with Crippen molar-refractivity contribution < 1.29 is 9.53 Å². The molecule has 0 aliphatic carbocycles. The molecule has 1 aromatic rings. The summed E-state index contributed by atoms with van der Waals surface area (Å²) in [5.41, 5.74) is 0.768. The average molecular weight is 265 g/mol. The average Bonchev–Trinajstić information content (AvgIpc) is 2.71. The molecule has 0 unspecified atom stereocenters. The van der Waals surface area contributed by atoms with E-state index in [1.807, 2.05) is 17.7 Å². The molecule has 1 aliphatic heterocycles. The van der Waals surface area contributed by atoms with Gasteiger partial charge in [-0.15, -0.1) is 0 Å². The lowest BCUT2D eigenvalue weighted by molar-refractivity contribution is -0.122. The Labute approximate surface area is 114 Å². The van der Waals surface area contributed by atoms with Crippen LogP contribution in [-0.2, 0) is 15.1 Å². The Balaban J connectivity index is 2.12. The van der Waals surface area contributed by atoms with E-state index in [9.17, 15) is 4.79 Å². The molecule has 1 N–H and O–H groups in total. The Morgan fingerprint density at radius 3 is 2.63 bits per heavy atom. The molecule has 1 amide bonds. The highest BCUT2D eigenvalue weighted by Crippen LogP contribution is 2.23. The third-order valence-electron chi connectivity index (χ3n) is 3.31. The molecule has 19 heavy (non-hydrogen) atoms. The fraction of sp³-hybridized carbons (Fsp3) is 0.714. The van der Waals surface area contributed by atoms with Crippen molar-refractivity contribution in [2.45, 2.75) is 46.1 Å². The zero-order valence-electron chi connectivity index (χ0n) is 12.2. The van der Waals surface area contributed by atoms with Gasteiger partial charge in [-0.05, 0) is 40.5 Å². The molecule has 1 saturated heterocycles. The predicted octanol–water partition coefficient (Wildman–Crippen LogP) is 2.31. The molecule has 0 atom stereocenters. The fourth-order valence-electron chi connectivity index (χ4n) is 2.29. The predicted molar refractivity (Wildman–Crippen MR) is 74.1 cm³/mol. The van der Waals surface area contributed by atoms with Crippen LogP contribution in [0.25, 0.3) is 0 Å². The number of hydrogen-bond acceptors (Lipinski definition) is 3. The van der Waals surface area contributed by atoms with Gasteiger partial charge in [-0.1, -0.05) is 0 Å². The lowest BCUT2D eigenvalue weighted by atomic mass is 9.99. The van der Waals surface area contributed by atoms with Crippen LogP contribution in [0.15, 0.2) is 6.07 Å². The van der Waals surface area contributed by atoms with E-state index in [1.54, 1.807) is 0 Å². The van der Waals surface area contributed by atoms with Crippen molar-refractivity contribution in [3.63, 3.8) is 0 Å². The smallest absolute Gasteiger partial charge is 0.228 e. The van der Waals surface area contributed by atoms with Gasteiger partial charge in [-0.3, -0.25) is 4.79 Å². The van der Waals surface area contributed by atoms with Crippen molar-refractivity contribution in [2.75, 3.05) is 18.5 Å². The number of nitrogens with zero attached hydrogens (tertiary/aromatic N) is 2. The molecule has 2 heterocycles. The third-order valence-corrected chi connectivity index (χ3v) is 3.31. The van der Waals surface area contributed by atoms with Gasteiger partial charge in [0.05, 0.1) is 11.2 Å². The fourth-order valence-corrected chi connectivity index (χ4v) is 2.29. The van der Waals surface area contributed by atoms with Crippen LogP contribution >= 0.6 is 0 Å². The second-order valence-electron chi connectivity index (χ2n) is 6.13. The molecule has 1 fully saturated rings. The van der Waals surface area contributed by atoms with Gasteiger partial charge >= 0.3 is 0 Å². The number of nitrogens with one attached hydrogen (secondary N) is 1. The molecule has 106 valence electrons. The lowest BCUT2D eigenvalue weighted by Crippen LogP contribution is -2.31. The highest BCUT2D eigenvalue weighted by atomic mass is 16.5. The molecule has 5 heteroatoms. The Bertz CT molecular complexity index is 454. The van der Waals surface area contributed by atoms with Gasteiger partial charge in [0.1, 0.15) is 5.82 Å². The number of anilines is 1. The van der Waals surface area contributed by atoms with Crippen molar-refractivity contribution in [1.82, 2.24) is 9.78 Å². The Morgan fingerprint density at radius 1 is 1.42 bits per heavy atom. The lowest BCUT2D eigenvalue weighted by Gasteiger charge is -2.25. The topological polar surface area (TPSA) is 56.1 Å². The van der Waals surface area contributed by atoms with Crippen LogP contribution < -0.4 is 5.32 Å². The van der Waals surface area contributed by atoms with E-state index in [2.05, 4.69) is 31.2 Å². The van der Waals surface area contributed by atoms with Gasteiger partial charge in [0.25, 0.3) is 0 Å². The molecule has 2 rings (SSSR count). The van der Waals surface area contributed by atoms with Crippen LogP contribution in [0.2, 0.25) is 0 Å². The summed E-state index contributed by atoms with van der Waals surface area (Å²) in [6.45, 7) is 9.51. The van der Waals surface area contributed by atoms with E-state index in [0.29, 0.717) is 13.2 Å².